The van der Waals surface area contributed by atoms with Crippen LogP contribution in [0.4, 0.5) is 31.0 Å². The second kappa shape index (κ2) is 10.6. The van der Waals surface area contributed by atoms with Crippen LogP contribution in [-0.2, 0) is 19.3 Å². The molecule has 0 unspecified atom stereocenters. The molecular formula is C22H25F3N6. The predicted molar refractivity (Wildman–Crippen MR) is 116 cm³/mol. The molecule has 0 aliphatic carbocycles. The Morgan fingerprint density at radius 2 is 1.32 bits per heavy atom. The summed E-state index contributed by atoms with van der Waals surface area (Å²) in [6, 6.07) is 15.0. The second-order valence-corrected chi connectivity index (χ2v) is 6.98. The van der Waals surface area contributed by atoms with Gasteiger partial charge in [-0.05, 0) is 29.7 Å². The molecule has 1 heterocycles. The van der Waals surface area contributed by atoms with Gasteiger partial charge in [0.05, 0.1) is 5.56 Å². The molecule has 0 atom stereocenters. The first-order valence-electron chi connectivity index (χ1n) is 10.1. The minimum Gasteiger partial charge on any atom is -0.354 e. The van der Waals surface area contributed by atoms with Crippen molar-refractivity contribution in [1.29, 1.82) is 0 Å². The highest BCUT2D eigenvalue weighted by Gasteiger charge is 2.30. The second-order valence-electron chi connectivity index (χ2n) is 6.98. The molecule has 164 valence electrons. The van der Waals surface area contributed by atoms with Crippen LogP contribution >= 0.6 is 0 Å². The molecule has 0 aliphatic heterocycles. The third kappa shape index (κ3) is 7.13. The highest BCUT2D eigenvalue weighted by Crippen LogP contribution is 2.29. The summed E-state index contributed by atoms with van der Waals surface area (Å²) in [6.45, 7) is 3.49. The van der Waals surface area contributed by atoms with E-state index in [1.165, 1.54) is 6.07 Å². The molecule has 0 saturated carbocycles. The lowest BCUT2D eigenvalue weighted by molar-refractivity contribution is -0.137. The van der Waals surface area contributed by atoms with Crippen LogP contribution in [0.5, 0.6) is 0 Å². The quantitative estimate of drug-likeness (QED) is 0.378. The van der Waals surface area contributed by atoms with Crippen molar-refractivity contribution in [3.8, 4) is 0 Å². The first kappa shape index (κ1) is 22.3. The summed E-state index contributed by atoms with van der Waals surface area (Å²) in [5.41, 5.74) is 0.867. The maximum Gasteiger partial charge on any atom is 0.416 e. The molecule has 9 heteroatoms. The van der Waals surface area contributed by atoms with Gasteiger partial charge >= 0.3 is 6.18 Å². The third-order valence-corrected chi connectivity index (χ3v) is 4.45. The molecule has 1 aromatic heterocycles. The Kier molecular flexibility index (Phi) is 7.64. The molecule has 0 amide bonds. The van der Waals surface area contributed by atoms with Crippen LogP contribution in [0.2, 0.25) is 0 Å². The van der Waals surface area contributed by atoms with Gasteiger partial charge in [-0.25, -0.2) is 0 Å². The molecule has 0 aliphatic rings. The fourth-order valence-electron chi connectivity index (χ4n) is 2.81. The standard InChI is InChI=1S/C22H25F3N6/c1-2-3-12-26-19-29-20(27-14-16-8-5-4-6-9-16)31-21(30-19)28-15-17-10-7-11-18(13-17)22(23,24)25/h4-11,13H,2-3,12,14-15H2,1H3,(H3,26,27,28,29,30,31). The van der Waals surface area contributed by atoms with Crippen LogP contribution in [0, 0.1) is 0 Å². The summed E-state index contributed by atoms with van der Waals surface area (Å²) < 4.78 is 38.8. The number of rotatable bonds is 10. The van der Waals surface area contributed by atoms with E-state index >= 15 is 0 Å². The first-order chi connectivity index (χ1) is 14.9. The van der Waals surface area contributed by atoms with Crippen LogP contribution in [0.1, 0.15) is 36.5 Å². The van der Waals surface area contributed by atoms with Crippen molar-refractivity contribution in [2.45, 2.75) is 39.0 Å². The monoisotopic (exact) mass is 430 g/mol. The van der Waals surface area contributed by atoms with E-state index in [0.717, 1.165) is 30.5 Å². The lowest BCUT2D eigenvalue weighted by Gasteiger charge is -2.12. The molecule has 3 aromatic rings. The summed E-state index contributed by atoms with van der Waals surface area (Å²) in [7, 11) is 0. The lowest BCUT2D eigenvalue weighted by atomic mass is 10.1. The fourth-order valence-corrected chi connectivity index (χ4v) is 2.81. The van der Waals surface area contributed by atoms with E-state index in [2.05, 4.69) is 37.8 Å². The minimum absolute atomic E-state index is 0.153. The third-order valence-electron chi connectivity index (χ3n) is 4.45. The number of nitrogens with one attached hydrogen (secondary N) is 3. The molecule has 6 nitrogen and oxygen atoms in total. The Bertz CT molecular complexity index is 963. The predicted octanol–water partition coefficient (Wildman–Crippen LogP) is 5.33. The number of hydrogen-bond acceptors (Lipinski definition) is 6. The molecule has 3 N–H and O–H groups in total. The van der Waals surface area contributed by atoms with Crippen molar-refractivity contribution >= 4 is 17.8 Å². The van der Waals surface area contributed by atoms with Gasteiger partial charge in [-0.3, -0.25) is 0 Å². The van der Waals surface area contributed by atoms with E-state index in [1.54, 1.807) is 6.07 Å². The first-order valence-corrected chi connectivity index (χ1v) is 10.1. The number of halogens is 3. The number of hydrogen-bond donors (Lipinski definition) is 3. The van der Waals surface area contributed by atoms with Crippen molar-refractivity contribution in [2.24, 2.45) is 0 Å². The van der Waals surface area contributed by atoms with Gasteiger partial charge in [0.25, 0.3) is 0 Å². The molecule has 0 radical (unpaired) electrons. The normalized spacial score (nSPS) is 11.2. The smallest absolute Gasteiger partial charge is 0.354 e. The Morgan fingerprint density at radius 1 is 0.742 bits per heavy atom. The van der Waals surface area contributed by atoms with Crippen molar-refractivity contribution < 1.29 is 13.2 Å². The SMILES string of the molecule is CCCCNc1nc(NCc2ccccc2)nc(NCc2cccc(C(F)(F)F)c2)n1. The van der Waals surface area contributed by atoms with E-state index in [-0.39, 0.29) is 12.5 Å². The van der Waals surface area contributed by atoms with E-state index in [4.69, 9.17) is 0 Å². The van der Waals surface area contributed by atoms with Crippen LogP contribution in [0.25, 0.3) is 0 Å². The molecule has 2 aromatic carbocycles. The zero-order chi connectivity index (χ0) is 22.1. The zero-order valence-electron chi connectivity index (χ0n) is 17.2. The van der Waals surface area contributed by atoms with Gasteiger partial charge in [-0.1, -0.05) is 55.8 Å². The van der Waals surface area contributed by atoms with Gasteiger partial charge in [0.15, 0.2) is 0 Å². The van der Waals surface area contributed by atoms with Crippen molar-refractivity contribution in [3.05, 3.63) is 71.3 Å². The Balaban J connectivity index is 1.72. The molecule has 0 bridgehead atoms. The molecule has 0 spiro atoms. The summed E-state index contributed by atoms with van der Waals surface area (Å²) in [6.07, 6.45) is -2.39. The molecule has 0 saturated heterocycles. The number of nitrogens with zero attached hydrogens (tertiary/aromatic N) is 3. The molecule has 0 fully saturated rings. The number of aromatic nitrogens is 3. The average Bonchev–Trinajstić information content (AvgIpc) is 2.77. The number of unbranched alkanes of at least 4 members (excludes halogenated alkanes) is 1. The van der Waals surface area contributed by atoms with Gasteiger partial charge in [0.2, 0.25) is 17.8 Å². The summed E-state index contributed by atoms with van der Waals surface area (Å²) in [5.74, 6) is 1.07. The van der Waals surface area contributed by atoms with Gasteiger partial charge in [-0.2, -0.15) is 28.1 Å². The van der Waals surface area contributed by atoms with Gasteiger partial charge in [-0.15, -0.1) is 0 Å². The van der Waals surface area contributed by atoms with Crippen LogP contribution < -0.4 is 16.0 Å². The van der Waals surface area contributed by atoms with Crippen LogP contribution in [-0.4, -0.2) is 21.5 Å². The fraction of sp³-hybridized carbons (Fsp3) is 0.318. The van der Waals surface area contributed by atoms with E-state index in [9.17, 15) is 13.2 Å². The zero-order valence-corrected chi connectivity index (χ0v) is 17.2. The van der Waals surface area contributed by atoms with Gasteiger partial charge in [0, 0.05) is 19.6 Å². The molecule has 31 heavy (non-hydrogen) atoms. The van der Waals surface area contributed by atoms with Crippen molar-refractivity contribution in [1.82, 2.24) is 15.0 Å². The van der Waals surface area contributed by atoms with E-state index < -0.39 is 11.7 Å². The number of alkyl halides is 3. The van der Waals surface area contributed by atoms with Crippen molar-refractivity contribution in [3.63, 3.8) is 0 Å². The summed E-state index contributed by atoms with van der Waals surface area (Å²) in [4.78, 5) is 13.1. The highest BCUT2D eigenvalue weighted by atomic mass is 19.4. The van der Waals surface area contributed by atoms with Crippen molar-refractivity contribution in [2.75, 3.05) is 22.5 Å². The number of anilines is 3. The highest BCUT2D eigenvalue weighted by molar-refractivity contribution is 5.43. The van der Waals surface area contributed by atoms with Gasteiger partial charge in [0.1, 0.15) is 0 Å². The largest absolute Gasteiger partial charge is 0.416 e. The summed E-state index contributed by atoms with van der Waals surface area (Å²) >= 11 is 0. The van der Waals surface area contributed by atoms with Crippen LogP contribution in [0.15, 0.2) is 54.6 Å². The topological polar surface area (TPSA) is 74.8 Å². The minimum atomic E-state index is -4.38. The molecular weight excluding hydrogens is 405 g/mol. The summed E-state index contributed by atoms with van der Waals surface area (Å²) in [5, 5.41) is 9.33. The maximum atomic E-state index is 12.9. The van der Waals surface area contributed by atoms with E-state index in [0.29, 0.717) is 30.5 Å². The van der Waals surface area contributed by atoms with E-state index in [1.807, 2.05) is 30.3 Å². The average molecular weight is 430 g/mol. The van der Waals surface area contributed by atoms with Gasteiger partial charge < -0.3 is 16.0 Å². The Morgan fingerprint density at radius 3 is 1.94 bits per heavy atom. The Labute approximate surface area is 179 Å². The van der Waals surface area contributed by atoms with Crippen LogP contribution in [0.3, 0.4) is 0 Å². The number of benzene rings is 2. The molecule has 3 rings (SSSR count). The lowest BCUT2D eigenvalue weighted by Crippen LogP contribution is -2.13. The Hall–Kier alpha value is -3.36. The maximum absolute atomic E-state index is 12.9.